The summed E-state index contributed by atoms with van der Waals surface area (Å²) in [4.78, 5) is 37.9. The van der Waals surface area contributed by atoms with Crippen molar-refractivity contribution in [3.8, 4) is 0 Å². The number of unbranched alkanes of at least 4 members (excludes halogenated alkanes) is 28. The van der Waals surface area contributed by atoms with Crippen LogP contribution in [0.1, 0.15) is 290 Å². The molecule has 0 saturated carbocycles. The van der Waals surface area contributed by atoms with Crippen molar-refractivity contribution in [3.63, 3.8) is 0 Å². The molecule has 0 rings (SSSR count). The van der Waals surface area contributed by atoms with Crippen LogP contribution in [0.4, 0.5) is 0 Å². The molecule has 0 radical (unpaired) electrons. The number of esters is 3. The Labute approximate surface area is 451 Å². The van der Waals surface area contributed by atoms with Gasteiger partial charge in [0.05, 0.1) is 0 Å². The van der Waals surface area contributed by atoms with Gasteiger partial charge in [-0.3, -0.25) is 14.4 Å². The SMILES string of the molecule is CC/C=C\C/C=C\C/C=C\C/C=C\CCCCCCCCCCCCCCCCC(=O)OCC(COC(=O)CCCCCCC)OC(=O)CCCCCCCCCCCC/C=C\C/C=C\C/C=C\C/C=C\CC. The van der Waals surface area contributed by atoms with E-state index in [0.29, 0.717) is 19.3 Å². The van der Waals surface area contributed by atoms with Crippen LogP contribution in [-0.2, 0) is 28.6 Å². The fourth-order valence-electron chi connectivity index (χ4n) is 8.54. The first-order valence-corrected chi connectivity index (χ1v) is 30.7. The molecular weight excluding hydrogens is 901 g/mol. The zero-order valence-electron chi connectivity index (χ0n) is 47.9. The molecule has 0 bridgehead atoms. The Hall–Kier alpha value is -3.67. The van der Waals surface area contributed by atoms with Gasteiger partial charge in [0.25, 0.3) is 0 Å². The third kappa shape index (κ3) is 59.1. The van der Waals surface area contributed by atoms with Crippen LogP contribution in [0.25, 0.3) is 0 Å². The van der Waals surface area contributed by atoms with Gasteiger partial charge in [0.2, 0.25) is 0 Å². The van der Waals surface area contributed by atoms with Crippen LogP contribution in [0.15, 0.2) is 97.2 Å². The molecule has 1 atom stereocenters. The van der Waals surface area contributed by atoms with E-state index in [2.05, 4.69) is 118 Å². The summed E-state index contributed by atoms with van der Waals surface area (Å²) < 4.78 is 16.8. The van der Waals surface area contributed by atoms with Gasteiger partial charge in [0.15, 0.2) is 6.10 Å². The van der Waals surface area contributed by atoms with E-state index in [1.54, 1.807) is 0 Å². The predicted octanol–water partition coefficient (Wildman–Crippen LogP) is 20.9. The van der Waals surface area contributed by atoms with Crippen LogP contribution in [0.2, 0.25) is 0 Å². The molecule has 0 aliphatic rings. The van der Waals surface area contributed by atoms with E-state index in [9.17, 15) is 14.4 Å². The highest BCUT2D eigenvalue weighted by atomic mass is 16.6. The molecule has 6 heteroatoms. The minimum Gasteiger partial charge on any atom is -0.462 e. The van der Waals surface area contributed by atoms with Crippen LogP contribution in [0, 0.1) is 0 Å². The molecule has 0 fully saturated rings. The van der Waals surface area contributed by atoms with Crippen molar-refractivity contribution in [3.05, 3.63) is 97.2 Å². The molecular formula is C67H114O6. The molecule has 0 aromatic heterocycles. The summed E-state index contributed by atoms with van der Waals surface area (Å²) in [5, 5.41) is 0. The summed E-state index contributed by atoms with van der Waals surface area (Å²) in [5.41, 5.74) is 0. The molecule has 0 amide bonds. The lowest BCUT2D eigenvalue weighted by molar-refractivity contribution is -0.167. The molecule has 0 heterocycles. The van der Waals surface area contributed by atoms with Gasteiger partial charge in [-0.25, -0.2) is 0 Å². The van der Waals surface area contributed by atoms with Gasteiger partial charge >= 0.3 is 17.9 Å². The Morgan fingerprint density at radius 1 is 0.288 bits per heavy atom. The molecule has 0 saturated heterocycles. The van der Waals surface area contributed by atoms with Gasteiger partial charge < -0.3 is 14.2 Å². The summed E-state index contributed by atoms with van der Waals surface area (Å²) in [7, 11) is 0. The highest BCUT2D eigenvalue weighted by molar-refractivity contribution is 5.71. The Bertz CT molecular complexity index is 1440. The number of hydrogen-bond donors (Lipinski definition) is 0. The zero-order chi connectivity index (χ0) is 52.9. The lowest BCUT2D eigenvalue weighted by Gasteiger charge is -2.18. The lowest BCUT2D eigenvalue weighted by atomic mass is 10.0. The molecule has 0 N–H and O–H groups in total. The van der Waals surface area contributed by atoms with Gasteiger partial charge in [-0.2, -0.15) is 0 Å². The Morgan fingerprint density at radius 3 is 0.836 bits per heavy atom. The van der Waals surface area contributed by atoms with E-state index in [0.717, 1.165) is 116 Å². The average Bonchev–Trinajstić information content (AvgIpc) is 3.39. The molecule has 0 aromatic rings. The van der Waals surface area contributed by atoms with Crippen LogP contribution >= 0.6 is 0 Å². The fourth-order valence-corrected chi connectivity index (χ4v) is 8.54. The second kappa shape index (κ2) is 60.9. The standard InChI is InChI=1S/C67H114O6/c1-4-7-10-13-15-17-19-21-23-25-27-29-31-32-33-34-36-37-39-41-43-45-47-49-51-54-57-60-66(69)72-63-64(62-71-65(68)59-56-53-12-9-6-3)73-67(70)61-58-55-52-50-48-46-44-42-40-38-35-30-28-26-24-22-20-18-16-14-11-8-5-2/h7-8,10-11,15-18,21-24,27-30,64H,4-6,9,12-14,19-20,25-26,31-63H2,1-3H3/b10-7-,11-8-,17-15-,18-16-,23-21-,24-22-,29-27-,30-28-. The largest absolute Gasteiger partial charge is 0.462 e. The summed E-state index contributed by atoms with van der Waals surface area (Å²) in [6.45, 7) is 6.35. The van der Waals surface area contributed by atoms with E-state index in [-0.39, 0.29) is 31.1 Å². The molecule has 0 aliphatic heterocycles. The third-order valence-electron chi connectivity index (χ3n) is 13.1. The summed E-state index contributed by atoms with van der Waals surface area (Å²) in [6.07, 6.45) is 81.7. The van der Waals surface area contributed by atoms with E-state index in [1.165, 1.54) is 135 Å². The molecule has 0 aromatic carbocycles. The Morgan fingerprint density at radius 2 is 0.534 bits per heavy atom. The van der Waals surface area contributed by atoms with E-state index >= 15 is 0 Å². The van der Waals surface area contributed by atoms with Crippen molar-refractivity contribution in [2.75, 3.05) is 13.2 Å². The molecule has 0 aliphatic carbocycles. The van der Waals surface area contributed by atoms with Crippen LogP contribution in [-0.4, -0.2) is 37.2 Å². The third-order valence-corrected chi connectivity index (χ3v) is 13.1. The number of hydrogen-bond acceptors (Lipinski definition) is 6. The summed E-state index contributed by atoms with van der Waals surface area (Å²) in [6, 6.07) is 0. The van der Waals surface area contributed by atoms with Crippen molar-refractivity contribution in [2.45, 2.75) is 297 Å². The van der Waals surface area contributed by atoms with Crippen LogP contribution < -0.4 is 0 Å². The van der Waals surface area contributed by atoms with Crippen molar-refractivity contribution in [1.82, 2.24) is 0 Å². The number of carbonyl (C=O) groups is 3. The monoisotopic (exact) mass is 1010 g/mol. The predicted molar refractivity (Wildman–Crippen MR) is 316 cm³/mol. The molecule has 73 heavy (non-hydrogen) atoms. The van der Waals surface area contributed by atoms with Crippen molar-refractivity contribution < 1.29 is 28.6 Å². The minimum absolute atomic E-state index is 0.0779. The number of allylic oxidation sites excluding steroid dienone is 16. The highest BCUT2D eigenvalue weighted by Crippen LogP contribution is 2.16. The zero-order valence-corrected chi connectivity index (χ0v) is 47.9. The maximum Gasteiger partial charge on any atom is 0.306 e. The summed E-state index contributed by atoms with van der Waals surface area (Å²) >= 11 is 0. The quantitative estimate of drug-likeness (QED) is 0.0261. The molecule has 6 nitrogen and oxygen atoms in total. The first-order chi connectivity index (χ1) is 36.0. The first kappa shape index (κ1) is 69.3. The van der Waals surface area contributed by atoms with E-state index in [1.807, 2.05) is 0 Å². The van der Waals surface area contributed by atoms with E-state index < -0.39 is 6.10 Å². The molecule has 1 unspecified atom stereocenters. The lowest BCUT2D eigenvalue weighted by Crippen LogP contribution is -2.30. The number of rotatable bonds is 55. The van der Waals surface area contributed by atoms with Crippen molar-refractivity contribution in [1.29, 1.82) is 0 Å². The van der Waals surface area contributed by atoms with Crippen molar-refractivity contribution in [2.24, 2.45) is 0 Å². The average molecular weight is 1020 g/mol. The van der Waals surface area contributed by atoms with Crippen LogP contribution in [0.5, 0.6) is 0 Å². The maximum absolute atomic E-state index is 12.8. The maximum atomic E-state index is 12.8. The normalized spacial score (nSPS) is 12.8. The van der Waals surface area contributed by atoms with Gasteiger partial charge in [-0.1, -0.05) is 272 Å². The minimum atomic E-state index is -0.776. The van der Waals surface area contributed by atoms with E-state index in [4.69, 9.17) is 14.2 Å². The summed E-state index contributed by atoms with van der Waals surface area (Å²) in [5.74, 6) is -0.890. The van der Waals surface area contributed by atoms with Gasteiger partial charge in [0, 0.05) is 19.3 Å². The van der Waals surface area contributed by atoms with Gasteiger partial charge in [-0.15, -0.1) is 0 Å². The van der Waals surface area contributed by atoms with Crippen molar-refractivity contribution >= 4 is 17.9 Å². The Balaban J connectivity index is 4.05. The second-order valence-electron chi connectivity index (χ2n) is 20.2. The second-order valence-corrected chi connectivity index (χ2v) is 20.2. The fraction of sp³-hybridized carbons (Fsp3) is 0.716. The van der Waals surface area contributed by atoms with Crippen LogP contribution in [0.3, 0.4) is 0 Å². The van der Waals surface area contributed by atoms with Gasteiger partial charge in [-0.05, 0) is 96.3 Å². The number of ether oxygens (including phenoxy) is 3. The smallest absolute Gasteiger partial charge is 0.306 e. The number of carbonyl (C=O) groups excluding carboxylic acids is 3. The highest BCUT2D eigenvalue weighted by Gasteiger charge is 2.19. The Kier molecular flexibility index (Phi) is 57.8. The van der Waals surface area contributed by atoms with Gasteiger partial charge in [0.1, 0.15) is 13.2 Å². The first-order valence-electron chi connectivity index (χ1n) is 30.7. The molecule has 418 valence electrons. The molecule has 0 spiro atoms. The topological polar surface area (TPSA) is 78.9 Å².